The molecule has 0 spiro atoms. The van der Waals surface area contributed by atoms with E-state index in [2.05, 4.69) is 28.2 Å². The van der Waals surface area contributed by atoms with E-state index in [1.165, 1.54) is 6.42 Å². The van der Waals surface area contributed by atoms with Gasteiger partial charge in [-0.3, -0.25) is 4.79 Å². The molecule has 5 nitrogen and oxygen atoms in total. The third kappa shape index (κ3) is 3.20. The summed E-state index contributed by atoms with van der Waals surface area (Å²) >= 11 is 2.94. The van der Waals surface area contributed by atoms with Gasteiger partial charge in [0.15, 0.2) is 10.4 Å². The van der Waals surface area contributed by atoms with Gasteiger partial charge in [-0.1, -0.05) is 13.3 Å². The van der Waals surface area contributed by atoms with Crippen LogP contribution in [0.15, 0.2) is 20.0 Å². The van der Waals surface area contributed by atoms with Crippen molar-refractivity contribution < 1.29 is 17.6 Å². The molecule has 1 aliphatic carbocycles. The first-order valence-electron chi connectivity index (χ1n) is 6.30. The molecule has 2 rings (SSSR count). The van der Waals surface area contributed by atoms with Gasteiger partial charge in [-0.25, -0.2) is 8.42 Å². The van der Waals surface area contributed by atoms with Gasteiger partial charge >= 0.3 is 0 Å². The van der Waals surface area contributed by atoms with Crippen LogP contribution in [-0.2, 0) is 9.05 Å². The van der Waals surface area contributed by atoms with Gasteiger partial charge in [0.2, 0.25) is 0 Å². The predicted molar refractivity (Wildman–Crippen MR) is 78.4 cm³/mol. The molecule has 0 aliphatic heterocycles. The summed E-state index contributed by atoms with van der Waals surface area (Å²) in [5.74, 6) is -0.501. The topological polar surface area (TPSA) is 76.4 Å². The maximum absolute atomic E-state index is 12.0. The normalized spacial score (nSPS) is 17.6. The third-order valence-electron chi connectivity index (χ3n) is 3.93. The number of amides is 1. The van der Waals surface area contributed by atoms with Crippen molar-refractivity contribution in [3.63, 3.8) is 0 Å². The summed E-state index contributed by atoms with van der Waals surface area (Å²) in [6.45, 7) is 2.68. The molecule has 20 heavy (non-hydrogen) atoms. The highest BCUT2D eigenvalue weighted by Crippen LogP contribution is 2.43. The zero-order chi connectivity index (χ0) is 15.0. The van der Waals surface area contributed by atoms with E-state index >= 15 is 0 Å². The van der Waals surface area contributed by atoms with Gasteiger partial charge in [0.25, 0.3) is 15.0 Å². The van der Waals surface area contributed by atoms with E-state index < -0.39 is 15.0 Å². The van der Waals surface area contributed by atoms with E-state index in [0.29, 0.717) is 6.54 Å². The molecule has 1 N–H and O–H groups in total. The van der Waals surface area contributed by atoms with Crippen LogP contribution in [0.1, 0.15) is 43.2 Å². The maximum Gasteiger partial charge on any atom is 0.287 e. The lowest BCUT2D eigenvalue weighted by molar-refractivity contribution is 0.0824. The van der Waals surface area contributed by atoms with Crippen LogP contribution < -0.4 is 5.32 Å². The smallest absolute Gasteiger partial charge is 0.287 e. The predicted octanol–water partition coefficient (Wildman–Crippen LogP) is 3.28. The number of furan rings is 1. The molecule has 0 saturated heterocycles. The largest absolute Gasteiger partial charge is 0.443 e. The fourth-order valence-electron chi connectivity index (χ4n) is 2.32. The maximum atomic E-state index is 12.0. The number of carbonyl (C=O) groups is 1. The molecular weight excluding hydrogens is 370 g/mol. The SMILES string of the molecule is CCC1(CNC(=O)c2cc(S(=O)(=O)Cl)c(Br)o2)CCC1. The van der Waals surface area contributed by atoms with Crippen LogP contribution in [0.5, 0.6) is 0 Å². The summed E-state index contributed by atoms with van der Waals surface area (Å²) in [4.78, 5) is 11.7. The minimum atomic E-state index is -3.94. The van der Waals surface area contributed by atoms with Gasteiger partial charge in [0, 0.05) is 23.3 Å². The first-order valence-corrected chi connectivity index (χ1v) is 9.40. The molecule has 112 valence electrons. The van der Waals surface area contributed by atoms with Gasteiger partial charge in [-0.2, -0.15) is 0 Å². The summed E-state index contributed by atoms with van der Waals surface area (Å²) in [5, 5.41) is 2.79. The van der Waals surface area contributed by atoms with Crippen LogP contribution in [-0.4, -0.2) is 20.9 Å². The van der Waals surface area contributed by atoms with Crippen LogP contribution in [0, 0.1) is 5.41 Å². The molecule has 1 heterocycles. The average Bonchev–Trinajstić information content (AvgIpc) is 2.70. The molecule has 1 aromatic rings. The van der Waals surface area contributed by atoms with Crippen molar-refractivity contribution in [3.05, 3.63) is 16.5 Å². The summed E-state index contributed by atoms with van der Waals surface area (Å²) < 4.78 is 27.5. The Morgan fingerprint density at radius 3 is 2.60 bits per heavy atom. The Labute approximate surface area is 130 Å². The van der Waals surface area contributed by atoms with Crippen molar-refractivity contribution >= 4 is 41.6 Å². The molecule has 0 unspecified atom stereocenters. The summed E-state index contributed by atoms with van der Waals surface area (Å²) in [7, 11) is 1.30. The van der Waals surface area contributed by atoms with Gasteiger partial charge < -0.3 is 9.73 Å². The lowest BCUT2D eigenvalue weighted by Crippen LogP contribution is -2.41. The van der Waals surface area contributed by atoms with E-state index in [1.807, 2.05) is 0 Å². The molecule has 1 fully saturated rings. The van der Waals surface area contributed by atoms with Gasteiger partial charge in [0.1, 0.15) is 4.90 Å². The van der Waals surface area contributed by atoms with E-state index in [1.54, 1.807) is 0 Å². The Balaban J connectivity index is 2.07. The quantitative estimate of drug-likeness (QED) is 0.790. The molecular formula is C12H15BrClNO4S. The lowest BCUT2D eigenvalue weighted by Gasteiger charge is -2.41. The molecule has 1 aliphatic rings. The number of halogens is 2. The highest BCUT2D eigenvalue weighted by atomic mass is 79.9. The van der Waals surface area contributed by atoms with E-state index in [9.17, 15) is 13.2 Å². The first-order chi connectivity index (χ1) is 9.27. The van der Waals surface area contributed by atoms with Crippen molar-refractivity contribution in [1.29, 1.82) is 0 Å². The fraction of sp³-hybridized carbons (Fsp3) is 0.583. The minimum Gasteiger partial charge on any atom is -0.443 e. The number of hydrogen-bond donors (Lipinski definition) is 1. The summed E-state index contributed by atoms with van der Waals surface area (Å²) in [6.07, 6.45) is 4.40. The first kappa shape index (κ1) is 15.9. The highest BCUT2D eigenvalue weighted by Gasteiger charge is 2.35. The zero-order valence-corrected chi connectivity index (χ0v) is 14.1. The molecule has 0 radical (unpaired) electrons. The zero-order valence-electron chi connectivity index (χ0n) is 10.9. The number of nitrogens with one attached hydrogen (secondary N) is 1. The molecule has 0 aromatic carbocycles. The van der Waals surface area contributed by atoms with Crippen molar-refractivity contribution in [3.8, 4) is 0 Å². The number of rotatable bonds is 5. The van der Waals surface area contributed by atoms with E-state index in [4.69, 9.17) is 15.1 Å². The molecule has 0 atom stereocenters. The molecule has 1 aromatic heterocycles. The van der Waals surface area contributed by atoms with Crippen LogP contribution in [0.4, 0.5) is 0 Å². The van der Waals surface area contributed by atoms with E-state index in [0.717, 1.165) is 25.3 Å². The molecule has 8 heteroatoms. The van der Waals surface area contributed by atoms with Gasteiger partial charge in [-0.15, -0.1) is 0 Å². The second-order valence-electron chi connectivity index (χ2n) is 5.08. The van der Waals surface area contributed by atoms with E-state index in [-0.39, 0.29) is 20.7 Å². The average molecular weight is 385 g/mol. The van der Waals surface area contributed by atoms with Crippen molar-refractivity contribution in [2.24, 2.45) is 5.41 Å². The Bertz CT molecular complexity index is 616. The number of carbonyl (C=O) groups excluding carboxylic acids is 1. The molecule has 1 saturated carbocycles. The highest BCUT2D eigenvalue weighted by molar-refractivity contribution is 9.10. The summed E-state index contributed by atoms with van der Waals surface area (Å²) in [5.41, 5.74) is 0.181. The second kappa shape index (κ2) is 5.69. The van der Waals surface area contributed by atoms with Crippen LogP contribution in [0.2, 0.25) is 0 Å². The summed E-state index contributed by atoms with van der Waals surface area (Å²) in [6, 6.07) is 1.13. The third-order valence-corrected chi connectivity index (χ3v) is 6.11. The van der Waals surface area contributed by atoms with Crippen LogP contribution >= 0.6 is 26.6 Å². The monoisotopic (exact) mass is 383 g/mol. The van der Waals surface area contributed by atoms with Crippen molar-refractivity contribution in [2.75, 3.05) is 6.54 Å². The van der Waals surface area contributed by atoms with Crippen molar-refractivity contribution in [1.82, 2.24) is 5.32 Å². The Hall–Kier alpha value is -0.530. The Kier molecular flexibility index (Phi) is 4.51. The molecule has 1 amide bonds. The van der Waals surface area contributed by atoms with Crippen LogP contribution in [0.25, 0.3) is 0 Å². The van der Waals surface area contributed by atoms with Gasteiger partial charge in [0.05, 0.1) is 0 Å². The van der Waals surface area contributed by atoms with Crippen molar-refractivity contribution in [2.45, 2.75) is 37.5 Å². The Morgan fingerprint density at radius 1 is 1.55 bits per heavy atom. The Morgan fingerprint density at radius 2 is 2.20 bits per heavy atom. The van der Waals surface area contributed by atoms with Gasteiger partial charge in [-0.05, 0) is 40.6 Å². The fourth-order valence-corrected chi connectivity index (χ4v) is 4.35. The second-order valence-corrected chi connectivity index (χ2v) is 8.33. The standard InChI is InChI=1S/C12H15BrClNO4S/c1-2-12(4-3-5-12)7-15-11(16)8-6-9(10(13)19-8)20(14,17)18/h6H,2-5,7H2,1H3,(H,15,16). The number of hydrogen-bond acceptors (Lipinski definition) is 4. The lowest BCUT2D eigenvalue weighted by atomic mass is 9.67. The molecule has 0 bridgehead atoms. The minimum absolute atomic E-state index is 0.0634. The van der Waals surface area contributed by atoms with Crippen LogP contribution in [0.3, 0.4) is 0 Å².